The number of hydrogen-bond donors (Lipinski definition) is 2. The highest BCUT2D eigenvalue weighted by atomic mass is 35.5. The summed E-state index contributed by atoms with van der Waals surface area (Å²) in [4.78, 5) is 26.2. The summed E-state index contributed by atoms with van der Waals surface area (Å²) in [6.45, 7) is 5.83. The van der Waals surface area contributed by atoms with Gasteiger partial charge in [0.25, 0.3) is 5.91 Å². The number of carbonyl (C=O) groups is 2. The Balaban J connectivity index is 2.16. The van der Waals surface area contributed by atoms with Gasteiger partial charge in [-0.3, -0.25) is 4.79 Å². The summed E-state index contributed by atoms with van der Waals surface area (Å²) >= 11 is 20.0. The summed E-state index contributed by atoms with van der Waals surface area (Å²) in [5, 5.41) is 6.74. The number of methoxy groups -OCH3 is 1. The number of thiocarbonyl (C=S) groups is 1. The minimum absolute atomic E-state index is 0.0328. The normalized spacial score (nSPS) is 15.8. The summed E-state index contributed by atoms with van der Waals surface area (Å²) < 4.78 is 5.07. The van der Waals surface area contributed by atoms with Gasteiger partial charge in [-0.25, -0.2) is 4.79 Å². The van der Waals surface area contributed by atoms with Crippen LogP contribution in [-0.4, -0.2) is 42.0 Å². The Kier molecular flexibility index (Phi) is 13.2. The third kappa shape index (κ3) is 8.88. The number of amides is 1. The van der Waals surface area contributed by atoms with Crippen LogP contribution in [0.4, 0.5) is 0 Å². The zero-order chi connectivity index (χ0) is 27.4. The Morgan fingerprint density at radius 1 is 1.27 bits per heavy atom. The average molecular weight is 584 g/mol. The Hall–Kier alpha value is -1.80. The summed E-state index contributed by atoms with van der Waals surface area (Å²) in [7, 11) is 1.37. The van der Waals surface area contributed by atoms with E-state index in [-0.39, 0.29) is 32.9 Å². The van der Waals surface area contributed by atoms with Gasteiger partial charge < -0.3 is 15.4 Å². The lowest BCUT2D eigenvalue weighted by molar-refractivity contribution is -0.142. The highest BCUT2D eigenvalue weighted by molar-refractivity contribution is 7.98. The third-order valence-corrected chi connectivity index (χ3v) is 8.51. The molecule has 1 atom stereocenters. The van der Waals surface area contributed by atoms with E-state index in [2.05, 4.69) is 23.5 Å². The topological polar surface area (TPSA) is 67.4 Å². The zero-order valence-corrected chi connectivity index (χ0v) is 24.8. The molecule has 1 aromatic rings. The van der Waals surface area contributed by atoms with Gasteiger partial charge in [0.1, 0.15) is 6.04 Å². The maximum atomic E-state index is 12.8. The molecule has 2 rings (SSSR count). The molecule has 0 aromatic heterocycles. The second-order valence-corrected chi connectivity index (χ2v) is 11.2. The molecule has 9 heteroatoms. The van der Waals surface area contributed by atoms with Crippen LogP contribution >= 0.6 is 47.2 Å². The maximum absolute atomic E-state index is 12.8. The van der Waals surface area contributed by atoms with E-state index in [0.717, 1.165) is 48.4 Å². The number of thioether (sulfide) groups is 1. The van der Waals surface area contributed by atoms with Crippen molar-refractivity contribution in [3.8, 4) is 0 Å². The van der Waals surface area contributed by atoms with E-state index in [1.54, 1.807) is 30.4 Å². The van der Waals surface area contributed by atoms with Crippen LogP contribution in [-0.2, 0) is 9.53 Å². The molecule has 2 N–H and O–H groups in total. The molecule has 37 heavy (non-hydrogen) atoms. The number of ether oxygens (including phenoxy) is 1. The molecule has 1 unspecified atom stereocenters. The standard InChI is InChI=1S/C28H36Cl2N2O3S2/c1-5-19(12-13-20(6-2)31-25(33)24-21(29)10-7-11-22(24)30)18-23(26(34)35-3)32-27(36)28(14-8-15-28)16-9-17-37-4/h5,7,10-13,23H,1,6,8-9,14-18H2,2-4H3,(H,31,33)(H,32,36). The van der Waals surface area contributed by atoms with Crippen LogP contribution in [0, 0.1) is 5.41 Å². The fraction of sp³-hybridized carbons (Fsp3) is 0.464. The molecule has 0 heterocycles. The molecule has 0 radical (unpaired) electrons. The van der Waals surface area contributed by atoms with Gasteiger partial charge >= 0.3 is 5.97 Å². The molecule has 202 valence electrons. The molecule has 1 aliphatic rings. The SMILES string of the molecule is C=CC(=CC=C(CC)NC(=O)c1c(Cl)cccc1Cl)CC(NC(=S)C1(CCCSC)CCC1)C(=O)OC. The van der Waals surface area contributed by atoms with Crippen LogP contribution in [0.3, 0.4) is 0 Å². The Bertz CT molecular complexity index is 1030. The van der Waals surface area contributed by atoms with Crippen molar-refractivity contribution in [1.82, 2.24) is 10.6 Å². The van der Waals surface area contributed by atoms with Gasteiger partial charge in [0.15, 0.2) is 0 Å². The fourth-order valence-electron chi connectivity index (χ4n) is 4.23. The molecule has 0 spiro atoms. The predicted molar refractivity (Wildman–Crippen MR) is 161 cm³/mol. The van der Waals surface area contributed by atoms with Crippen LogP contribution < -0.4 is 10.6 Å². The highest BCUT2D eigenvalue weighted by Gasteiger charge is 2.41. The smallest absolute Gasteiger partial charge is 0.328 e. The number of allylic oxidation sites excluding steroid dienone is 4. The monoisotopic (exact) mass is 582 g/mol. The number of halogens is 2. The molecule has 0 saturated heterocycles. The number of nitrogens with one attached hydrogen (secondary N) is 2. The number of rotatable bonds is 14. The Labute approximate surface area is 240 Å². The van der Waals surface area contributed by atoms with Gasteiger partial charge in [-0.1, -0.05) is 73.6 Å². The largest absolute Gasteiger partial charge is 0.467 e. The first-order valence-corrected chi connectivity index (χ1v) is 14.9. The van der Waals surface area contributed by atoms with E-state index < -0.39 is 6.04 Å². The van der Waals surface area contributed by atoms with Gasteiger partial charge in [0.05, 0.1) is 27.7 Å². The first kappa shape index (κ1) is 31.4. The number of hydrogen-bond acceptors (Lipinski definition) is 5. The van der Waals surface area contributed by atoms with Crippen molar-refractivity contribution >= 4 is 64.0 Å². The molecule has 1 aliphatic carbocycles. The van der Waals surface area contributed by atoms with Crippen molar-refractivity contribution < 1.29 is 14.3 Å². The van der Waals surface area contributed by atoms with Gasteiger partial charge in [0, 0.05) is 17.5 Å². The Morgan fingerprint density at radius 3 is 2.46 bits per heavy atom. The van der Waals surface area contributed by atoms with E-state index in [1.807, 2.05) is 24.8 Å². The maximum Gasteiger partial charge on any atom is 0.328 e. The first-order valence-electron chi connectivity index (χ1n) is 12.4. The predicted octanol–water partition coefficient (Wildman–Crippen LogP) is 7.29. The van der Waals surface area contributed by atoms with Crippen LogP contribution in [0.5, 0.6) is 0 Å². The van der Waals surface area contributed by atoms with Crippen molar-refractivity contribution in [3.05, 3.63) is 69.9 Å². The number of esters is 1. The minimum atomic E-state index is -0.630. The molecule has 1 aromatic carbocycles. The van der Waals surface area contributed by atoms with Gasteiger partial charge in [-0.05, 0) is 67.9 Å². The average Bonchev–Trinajstić information content (AvgIpc) is 2.85. The van der Waals surface area contributed by atoms with Crippen molar-refractivity contribution in [2.24, 2.45) is 5.41 Å². The summed E-state index contributed by atoms with van der Waals surface area (Å²) in [5.74, 6) is 0.332. The van der Waals surface area contributed by atoms with Crippen LogP contribution in [0.1, 0.15) is 62.2 Å². The Morgan fingerprint density at radius 2 is 1.95 bits per heavy atom. The molecule has 1 fully saturated rings. The van der Waals surface area contributed by atoms with E-state index in [1.165, 1.54) is 7.11 Å². The van der Waals surface area contributed by atoms with E-state index in [4.69, 9.17) is 40.2 Å². The molecular weight excluding hydrogens is 547 g/mol. The van der Waals surface area contributed by atoms with E-state index in [0.29, 0.717) is 18.5 Å². The quantitative estimate of drug-likeness (QED) is 0.104. The lowest BCUT2D eigenvalue weighted by atomic mass is 9.66. The highest BCUT2D eigenvalue weighted by Crippen LogP contribution is 2.46. The van der Waals surface area contributed by atoms with Crippen molar-refractivity contribution in [1.29, 1.82) is 0 Å². The summed E-state index contributed by atoms with van der Waals surface area (Å²) in [5.41, 5.74) is 1.66. The zero-order valence-electron chi connectivity index (χ0n) is 21.7. The summed E-state index contributed by atoms with van der Waals surface area (Å²) in [6.07, 6.45) is 13.7. The van der Waals surface area contributed by atoms with Crippen LogP contribution in [0.2, 0.25) is 10.0 Å². The summed E-state index contributed by atoms with van der Waals surface area (Å²) in [6, 6.07) is 4.29. The van der Waals surface area contributed by atoms with Crippen LogP contribution in [0.15, 0.2) is 54.3 Å². The van der Waals surface area contributed by atoms with E-state index in [9.17, 15) is 9.59 Å². The van der Waals surface area contributed by atoms with E-state index >= 15 is 0 Å². The molecule has 5 nitrogen and oxygen atoms in total. The van der Waals surface area contributed by atoms with Crippen molar-refractivity contribution in [3.63, 3.8) is 0 Å². The third-order valence-electron chi connectivity index (χ3n) is 6.63. The second kappa shape index (κ2) is 15.6. The molecule has 0 aliphatic heterocycles. The second-order valence-electron chi connectivity index (χ2n) is 9.03. The van der Waals surface area contributed by atoms with Crippen molar-refractivity contribution in [2.45, 2.75) is 57.9 Å². The minimum Gasteiger partial charge on any atom is -0.467 e. The fourth-order valence-corrected chi connectivity index (χ4v) is 5.68. The first-order chi connectivity index (χ1) is 17.7. The molecule has 1 amide bonds. The molecular formula is C28H36Cl2N2O3S2. The number of carbonyl (C=O) groups excluding carboxylic acids is 2. The van der Waals surface area contributed by atoms with Gasteiger partial charge in [0.2, 0.25) is 0 Å². The lowest BCUT2D eigenvalue weighted by Gasteiger charge is -2.43. The number of benzene rings is 1. The van der Waals surface area contributed by atoms with Gasteiger partial charge in [-0.2, -0.15) is 11.8 Å². The lowest BCUT2D eigenvalue weighted by Crippen LogP contribution is -2.50. The van der Waals surface area contributed by atoms with Gasteiger partial charge in [-0.15, -0.1) is 0 Å². The van der Waals surface area contributed by atoms with Crippen molar-refractivity contribution in [2.75, 3.05) is 19.1 Å². The molecule has 1 saturated carbocycles. The molecule has 0 bridgehead atoms. The van der Waals surface area contributed by atoms with Crippen LogP contribution in [0.25, 0.3) is 0 Å².